The van der Waals surface area contributed by atoms with Crippen LogP contribution in [-0.2, 0) is 6.42 Å². The minimum absolute atomic E-state index is 0.00527. The largest absolute Gasteiger partial charge is 0.368 e. The zero-order chi connectivity index (χ0) is 25.5. The average molecular weight is 512 g/mol. The molecule has 0 spiro atoms. The van der Waals surface area contributed by atoms with Gasteiger partial charge in [0.25, 0.3) is 11.8 Å². The van der Waals surface area contributed by atoms with Gasteiger partial charge in [-0.2, -0.15) is 0 Å². The molecule has 1 aliphatic carbocycles. The molecule has 6 rings (SSSR count). The molecule has 2 N–H and O–H groups in total. The molecule has 3 aliphatic rings. The molecule has 0 atom stereocenters. The molecule has 8 heteroatoms. The molecule has 2 aliphatic heterocycles. The Labute approximate surface area is 220 Å². The van der Waals surface area contributed by atoms with Crippen LogP contribution in [0.2, 0.25) is 0 Å². The molecule has 1 saturated carbocycles. The van der Waals surface area contributed by atoms with Crippen molar-refractivity contribution in [3.63, 3.8) is 0 Å². The third-order valence-electron chi connectivity index (χ3n) is 6.88. The van der Waals surface area contributed by atoms with E-state index in [-0.39, 0.29) is 11.8 Å². The van der Waals surface area contributed by atoms with Gasteiger partial charge in [0.2, 0.25) is 0 Å². The van der Waals surface area contributed by atoms with E-state index in [2.05, 4.69) is 22.8 Å². The molecule has 7 nitrogen and oxygen atoms in total. The van der Waals surface area contributed by atoms with Crippen LogP contribution in [0.3, 0.4) is 0 Å². The molecule has 37 heavy (non-hydrogen) atoms. The number of allylic oxidation sites excluding steroid dienone is 2. The summed E-state index contributed by atoms with van der Waals surface area (Å²) in [6.45, 7) is 1.23. The number of benzene rings is 1. The lowest BCUT2D eigenvalue weighted by Gasteiger charge is -2.24. The van der Waals surface area contributed by atoms with Gasteiger partial charge < -0.3 is 20.4 Å². The maximum absolute atomic E-state index is 13.8. The number of para-hydroxylation sites is 1. The number of dihydropyridines is 1. The summed E-state index contributed by atoms with van der Waals surface area (Å²) in [7, 11) is 3.99. The van der Waals surface area contributed by atoms with Crippen LogP contribution in [0.25, 0.3) is 16.0 Å². The first kappa shape index (κ1) is 23.5. The third-order valence-corrected chi connectivity index (χ3v) is 8.09. The summed E-state index contributed by atoms with van der Waals surface area (Å²) in [5.41, 5.74) is 5.13. The maximum Gasteiger partial charge on any atom is 0.276 e. The second-order valence-electron chi connectivity index (χ2n) is 9.81. The minimum Gasteiger partial charge on any atom is -0.368 e. The molecule has 2 aromatic heterocycles. The van der Waals surface area contributed by atoms with Gasteiger partial charge in [-0.15, -0.1) is 11.3 Å². The van der Waals surface area contributed by atoms with Crippen molar-refractivity contribution >= 4 is 34.4 Å². The number of carbonyl (C=O) groups is 2. The Hall–Kier alpha value is -3.91. The molecular weight excluding hydrogens is 482 g/mol. The van der Waals surface area contributed by atoms with Crippen LogP contribution in [-0.4, -0.2) is 54.9 Å². The van der Waals surface area contributed by atoms with Crippen LogP contribution in [0.5, 0.6) is 0 Å². The predicted molar refractivity (Wildman–Crippen MR) is 148 cm³/mol. The predicted octanol–water partition coefficient (Wildman–Crippen LogP) is 4.29. The zero-order valence-corrected chi connectivity index (χ0v) is 21.8. The van der Waals surface area contributed by atoms with E-state index in [1.165, 1.54) is 11.3 Å². The highest BCUT2D eigenvalue weighted by Gasteiger charge is 2.29. The van der Waals surface area contributed by atoms with Gasteiger partial charge >= 0.3 is 0 Å². The van der Waals surface area contributed by atoms with Crippen molar-refractivity contribution in [2.24, 2.45) is 0 Å². The summed E-state index contributed by atoms with van der Waals surface area (Å²) >= 11 is 1.51. The van der Waals surface area contributed by atoms with Gasteiger partial charge in [0.05, 0.1) is 16.3 Å². The fourth-order valence-electron chi connectivity index (χ4n) is 4.74. The van der Waals surface area contributed by atoms with Gasteiger partial charge in [-0.05, 0) is 55.2 Å². The van der Waals surface area contributed by atoms with Crippen molar-refractivity contribution in [1.29, 1.82) is 0 Å². The number of thiophene rings is 1. The molecule has 1 fully saturated rings. The number of carbonyl (C=O) groups excluding carboxylic acids is 2. The van der Waals surface area contributed by atoms with Crippen molar-refractivity contribution < 1.29 is 9.59 Å². The zero-order valence-electron chi connectivity index (χ0n) is 21.0. The lowest BCUT2D eigenvalue weighted by atomic mass is 10.1. The quantitative estimate of drug-likeness (QED) is 0.534. The monoisotopic (exact) mass is 511 g/mol. The third kappa shape index (κ3) is 4.64. The summed E-state index contributed by atoms with van der Waals surface area (Å²) in [6.07, 6.45) is 6.94. The number of fused-ring (bicyclic) bond motifs is 3. The van der Waals surface area contributed by atoms with Gasteiger partial charge in [0, 0.05) is 49.2 Å². The molecule has 0 unspecified atom stereocenters. The van der Waals surface area contributed by atoms with Crippen LogP contribution in [0.1, 0.15) is 44.3 Å². The highest BCUT2D eigenvalue weighted by Crippen LogP contribution is 2.42. The number of anilines is 1. The van der Waals surface area contributed by atoms with E-state index in [4.69, 9.17) is 4.98 Å². The van der Waals surface area contributed by atoms with Crippen molar-refractivity contribution in [2.45, 2.75) is 25.3 Å². The van der Waals surface area contributed by atoms with Crippen molar-refractivity contribution in [2.75, 3.05) is 32.1 Å². The lowest BCUT2D eigenvalue weighted by molar-refractivity contribution is 0.0952. The number of pyridine rings is 1. The highest BCUT2D eigenvalue weighted by atomic mass is 32.1. The van der Waals surface area contributed by atoms with Crippen LogP contribution in [0.4, 0.5) is 5.69 Å². The second-order valence-corrected chi connectivity index (χ2v) is 10.9. The number of nitrogens with zero attached hydrogens (tertiary/aromatic N) is 3. The van der Waals surface area contributed by atoms with Gasteiger partial charge in [-0.25, -0.2) is 4.98 Å². The summed E-state index contributed by atoms with van der Waals surface area (Å²) in [6, 6.07) is 15.9. The molecule has 0 bridgehead atoms. The van der Waals surface area contributed by atoms with E-state index in [1.54, 1.807) is 6.07 Å². The smallest absolute Gasteiger partial charge is 0.276 e. The van der Waals surface area contributed by atoms with Crippen molar-refractivity contribution in [1.82, 2.24) is 20.5 Å². The molecule has 1 aromatic carbocycles. The number of amides is 2. The molecule has 188 valence electrons. The molecule has 3 aromatic rings. The van der Waals surface area contributed by atoms with Crippen molar-refractivity contribution in [3.05, 3.63) is 88.3 Å². The topological polar surface area (TPSA) is 77.6 Å². The van der Waals surface area contributed by atoms with E-state index >= 15 is 0 Å². The van der Waals surface area contributed by atoms with Gasteiger partial charge in [0.1, 0.15) is 11.5 Å². The lowest BCUT2D eigenvalue weighted by Crippen LogP contribution is -2.33. The second kappa shape index (κ2) is 9.52. The number of nitrogens with one attached hydrogen (secondary N) is 2. The van der Waals surface area contributed by atoms with Gasteiger partial charge in [0.15, 0.2) is 0 Å². The minimum atomic E-state index is -0.123. The van der Waals surface area contributed by atoms with Gasteiger partial charge in [-0.1, -0.05) is 30.3 Å². The number of rotatable bonds is 5. The van der Waals surface area contributed by atoms with E-state index in [9.17, 15) is 9.59 Å². The first-order valence-corrected chi connectivity index (χ1v) is 13.4. The Bertz CT molecular complexity index is 1450. The number of hydrogen-bond donors (Lipinski definition) is 2. The summed E-state index contributed by atoms with van der Waals surface area (Å²) in [5.74, 6) is 0.891. The Morgan fingerprint density at radius 1 is 1.14 bits per heavy atom. The maximum atomic E-state index is 13.8. The van der Waals surface area contributed by atoms with E-state index in [1.807, 2.05) is 66.4 Å². The van der Waals surface area contributed by atoms with Crippen LogP contribution >= 0.6 is 11.3 Å². The first-order chi connectivity index (χ1) is 18.0. The molecule has 0 saturated heterocycles. The fraction of sp³-hybridized carbons (Fsp3) is 0.276. The van der Waals surface area contributed by atoms with E-state index in [0.717, 1.165) is 56.5 Å². The van der Waals surface area contributed by atoms with Gasteiger partial charge in [-0.3, -0.25) is 9.59 Å². The summed E-state index contributed by atoms with van der Waals surface area (Å²) < 4.78 is 0. The van der Waals surface area contributed by atoms with Crippen LogP contribution in [0, 0.1) is 0 Å². The molecular formula is C29H29N5O2S. The average Bonchev–Trinajstić information content (AvgIpc) is 3.67. The van der Waals surface area contributed by atoms with E-state index < -0.39 is 0 Å². The summed E-state index contributed by atoms with van der Waals surface area (Å²) in [5, 5.41) is 6.43. The highest BCUT2D eigenvalue weighted by molar-refractivity contribution is 7.17. The van der Waals surface area contributed by atoms with Crippen LogP contribution in [0.15, 0.2) is 66.5 Å². The Morgan fingerprint density at radius 3 is 2.78 bits per heavy atom. The SMILES string of the molecule is CN(C)C1=CC(c2cccc(C(=O)N3CCc4cc(C(=O)NC5CC5)sc4-c4ccccc43)n2)=CCN1. The Balaban J connectivity index is 1.31. The Morgan fingerprint density at radius 2 is 1.97 bits per heavy atom. The van der Waals surface area contributed by atoms with Crippen LogP contribution < -0.4 is 15.5 Å². The Kier molecular flexibility index (Phi) is 6.04. The molecule has 4 heterocycles. The number of aromatic nitrogens is 1. The number of hydrogen-bond acceptors (Lipinski definition) is 6. The molecule has 2 amide bonds. The standard InChI is InChI=1S/C29H29N5O2S/c1-33(2)26-17-18(12-14-30-26)22-7-5-8-23(32-22)29(36)34-15-13-19-16-25(28(35)31-20-10-11-20)37-27(19)21-6-3-4-9-24(21)34/h3-9,12,16-17,20,30H,10-11,13-15H2,1-2H3,(H,31,35). The van der Waals surface area contributed by atoms with E-state index in [0.29, 0.717) is 31.2 Å². The molecule has 0 radical (unpaired) electrons. The fourth-order valence-corrected chi connectivity index (χ4v) is 5.89. The first-order valence-electron chi connectivity index (χ1n) is 12.6. The normalized spacial score (nSPS) is 16.4. The van der Waals surface area contributed by atoms with Crippen molar-refractivity contribution in [3.8, 4) is 10.4 Å². The summed E-state index contributed by atoms with van der Waals surface area (Å²) in [4.78, 5) is 37.0.